The topological polar surface area (TPSA) is 92.8 Å². The maximum Gasteiger partial charge on any atom is 0.306 e. The summed E-state index contributed by atoms with van der Waals surface area (Å²) in [5.41, 5.74) is 7.54. The number of carboxylic acids is 1. The van der Waals surface area contributed by atoms with Crippen molar-refractivity contribution in [2.24, 2.45) is 23.5 Å². The fraction of sp³-hybridized carbons (Fsp3) is 0.720. The number of aliphatic hydroxyl groups is 1. The molecule has 0 heterocycles. The highest BCUT2D eigenvalue weighted by Gasteiger charge is 2.35. The Kier molecular flexibility index (Phi) is 10.4. The van der Waals surface area contributed by atoms with Gasteiger partial charge in [-0.1, -0.05) is 53.7 Å². The Labute approximate surface area is 193 Å². The molecule has 0 aromatic heterocycles. The molecule has 5 nitrogen and oxygen atoms in total. The van der Waals surface area contributed by atoms with Crippen LogP contribution in [0.25, 0.3) is 0 Å². The minimum Gasteiger partial charge on any atom is -0.483 e. The Hall–Kier alpha value is -1.24. The zero-order valence-corrected chi connectivity index (χ0v) is 21.4. The van der Waals surface area contributed by atoms with Gasteiger partial charge in [-0.2, -0.15) is 0 Å². The van der Waals surface area contributed by atoms with Gasteiger partial charge in [-0.3, -0.25) is 4.79 Å². The molecule has 1 aromatic carbocycles. The summed E-state index contributed by atoms with van der Waals surface area (Å²) in [6.45, 7) is 14.1. The van der Waals surface area contributed by atoms with Crippen LogP contribution in [0.4, 0.5) is 0 Å². The monoisotopic (exact) mass is 453 g/mol. The van der Waals surface area contributed by atoms with Crippen LogP contribution in [0.1, 0.15) is 72.4 Å². The number of hydrogen-bond acceptors (Lipinski definition) is 5. The van der Waals surface area contributed by atoms with E-state index in [0.29, 0.717) is 18.3 Å². The minimum absolute atomic E-state index is 0.00832. The first-order chi connectivity index (χ1) is 14.2. The van der Waals surface area contributed by atoms with Gasteiger partial charge in [0, 0.05) is 6.04 Å². The number of ether oxygens (including phenoxy) is 1. The smallest absolute Gasteiger partial charge is 0.306 e. The van der Waals surface area contributed by atoms with Gasteiger partial charge in [0.05, 0.1) is 11.5 Å². The molecule has 0 fully saturated rings. The van der Waals surface area contributed by atoms with E-state index in [1.807, 2.05) is 6.26 Å². The average Bonchev–Trinajstić information content (AvgIpc) is 2.64. The number of carbonyl (C=O) groups is 1. The van der Waals surface area contributed by atoms with Gasteiger partial charge >= 0.3 is 5.97 Å². The molecule has 0 saturated heterocycles. The van der Waals surface area contributed by atoms with Gasteiger partial charge in [-0.25, -0.2) is 0 Å². The molecule has 0 saturated carbocycles. The van der Waals surface area contributed by atoms with Crippen molar-refractivity contribution in [3.63, 3.8) is 0 Å². The van der Waals surface area contributed by atoms with E-state index in [4.69, 9.17) is 10.5 Å². The maximum atomic E-state index is 11.2. The van der Waals surface area contributed by atoms with Crippen molar-refractivity contribution in [2.45, 2.75) is 84.8 Å². The number of thioether (sulfide) groups is 1. The van der Waals surface area contributed by atoms with Crippen molar-refractivity contribution in [1.82, 2.24) is 0 Å². The Bertz CT molecular complexity index is 712. The SMILES string of the molecule is CSCOc1cc(C[C@@H](C[C@H](N)[C@@](C)(O)CC(C)C(=O)O)C(C)C)ccc1C(C)(C)C. The van der Waals surface area contributed by atoms with E-state index < -0.39 is 23.5 Å². The molecule has 6 heteroatoms. The van der Waals surface area contributed by atoms with Crippen LogP contribution >= 0.6 is 11.8 Å². The van der Waals surface area contributed by atoms with Crippen LogP contribution in [0, 0.1) is 17.8 Å². The Morgan fingerprint density at radius 2 is 1.81 bits per heavy atom. The molecule has 0 amide bonds. The van der Waals surface area contributed by atoms with Gasteiger partial charge in [0.1, 0.15) is 11.7 Å². The number of aliphatic carboxylic acids is 1. The lowest BCUT2D eigenvalue weighted by Gasteiger charge is -2.35. The molecule has 178 valence electrons. The fourth-order valence-corrected chi connectivity index (χ4v) is 4.13. The summed E-state index contributed by atoms with van der Waals surface area (Å²) in [4.78, 5) is 11.2. The molecule has 0 aliphatic carbocycles. The summed E-state index contributed by atoms with van der Waals surface area (Å²) in [7, 11) is 0. The summed E-state index contributed by atoms with van der Waals surface area (Å²) in [5, 5.41) is 20.0. The molecule has 31 heavy (non-hydrogen) atoms. The molecule has 4 N–H and O–H groups in total. The number of hydrogen-bond donors (Lipinski definition) is 3. The summed E-state index contributed by atoms with van der Waals surface area (Å²) in [6.07, 6.45) is 3.62. The second-order valence-corrected chi connectivity index (χ2v) is 11.3. The second kappa shape index (κ2) is 11.6. The van der Waals surface area contributed by atoms with Crippen LogP contribution in [0.3, 0.4) is 0 Å². The third kappa shape index (κ3) is 8.66. The Morgan fingerprint density at radius 1 is 1.19 bits per heavy atom. The van der Waals surface area contributed by atoms with Crippen molar-refractivity contribution in [3.05, 3.63) is 29.3 Å². The van der Waals surface area contributed by atoms with Gasteiger partial charge in [-0.15, -0.1) is 11.8 Å². The Morgan fingerprint density at radius 3 is 2.29 bits per heavy atom. The van der Waals surface area contributed by atoms with E-state index >= 15 is 0 Å². The molecule has 1 aromatic rings. The lowest BCUT2D eigenvalue weighted by molar-refractivity contribution is -0.143. The van der Waals surface area contributed by atoms with E-state index in [1.165, 1.54) is 11.1 Å². The lowest BCUT2D eigenvalue weighted by atomic mass is 9.77. The third-order valence-corrected chi connectivity index (χ3v) is 6.48. The third-order valence-electron chi connectivity index (χ3n) is 6.12. The van der Waals surface area contributed by atoms with Crippen molar-refractivity contribution >= 4 is 17.7 Å². The standard InChI is InChI=1S/C25H43NO4S/c1-16(2)19(13-22(26)25(7,29)14-17(3)23(27)28)11-18-9-10-20(24(4,5)6)21(12-18)30-15-31-8/h9-10,12,16-17,19,22,29H,11,13-15,26H2,1-8H3,(H,27,28)/t17?,19-,22-,25-/m0/s1. The number of benzene rings is 1. The maximum absolute atomic E-state index is 11.2. The highest BCUT2D eigenvalue weighted by atomic mass is 32.2. The van der Waals surface area contributed by atoms with Gasteiger partial charge in [0.2, 0.25) is 0 Å². The van der Waals surface area contributed by atoms with Crippen molar-refractivity contribution in [1.29, 1.82) is 0 Å². The van der Waals surface area contributed by atoms with Crippen LogP contribution < -0.4 is 10.5 Å². The quantitative estimate of drug-likeness (QED) is 0.382. The second-order valence-electron chi connectivity index (χ2n) is 10.5. The highest BCUT2D eigenvalue weighted by Crippen LogP contribution is 2.35. The average molecular weight is 454 g/mol. The molecule has 0 bridgehead atoms. The molecule has 1 unspecified atom stereocenters. The molecule has 0 aliphatic heterocycles. The van der Waals surface area contributed by atoms with E-state index in [-0.39, 0.29) is 17.8 Å². The molecular weight excluding hydrogens is 410 g/mol. The largest absolute Gasteiger partial charge is 0.483 e. The summed E-state index contributed by atoms with van der Waals surface area (Å²) in [6, 6.07) is 5.97. The molecule has 0 radical (unpaired) electrons. The minimum atomic E-state index is -1.23. The zero-order chi connectivity index (χ0) is 24.0. The van der Waals surface area contributed by atoms with E-state index in [9.17, 15) is 15.0 Å². The van der Waals surface area contributed by atoms with E-state index in [0.717, 1.165) is 12.2 Å². The summed E-state index contributed by atoms with van der Waals surface area (Å²) < 4.78 is 6.04. The lowest BCUT2D eigenvalue weighted by Crippen LogP contribution is -2.48. The molecule has 0 aliphatic rings. The van der Waals surface area contributed by atoms with Gasteiger partial charge in [0.15, 0.2) is 0 Å². The van der Waals surface area contributed by atoms with Crippen LogP contribution in [0.5, 0.6) is 5.75 Å². The molecule has 1 rings (SSSR count). The van der Waals surface area contributed by atoms with E-state index in [1.54, 1.807) is 25.6 Å². The number of rotatable bonds is 12. The normalized spacial score (nSPS) is 17.1. The summed E-state index contributed by atoms with van der Waals surface area (Å²) in [5.74, 6) is 0.611. The number of carboxylic acid groups (broad SMARTS) is 1. The molecule has 4 atom stereocenters. The van der Waals surface area contributed by atoms with Crippen molar-refractivity contribution in [2.75, 3.05) is 12.2 Å². The first-order valence-corrected chi connectivity index (χ1v) is 12.5. The summed E-state index contributed by atoms with van der Waals surface area (Å²) >= 11 is 1.65. The van der Waals surface area contributed by atoms with Gasteiger partial charge < -0.3 is 20.7 Å². The Balaban J connectivity index is 3.03. The molecular formula is C25H43NO4S. The molecule has 0 spiro atoms. The zero-order valence-electron chi connectivity index (χ0n) is 20.6. The van der Waals surface area contributed by atoms with Crippen LogP contribution in [-0.2, 0) is 16.6 Å². The van der Waals surface area contributed by atoms with Crippen LogP contribution in [-0.4, -0.2) is 40.0 Å². The first kappa shape index (κ1) is 27.8. The first-order valence-electron chi connectivity index (χ1n) is 11.1. The van der Waals surface area contributed by atoms with Crippen molar-refractivity contribution < 1.29 is 19.7 Å². The number of nitrogens with two attached hydrogens (primary N) is 1. The predicted molar refractivity (Wildman–Crippen MR) is 131 cm³/mol. The van der Waals surface area contributed by atoms with Gasteiger partial charge in [0.25, 0.3) is 0 Å². The van der Waals surface area contributed by atoms with Crippen LogP contribution in [0.15, 0.2) is 18.2 Å². The highest BCUT2D eigenvalue weighted by molar-refractivity contribution is 7.98. The fourth-order valence-electron chi connectivity index (χ4n) is 3.89. The van der Waals surface area contributed by atoms with Gasteiger partial charge in [-0.05, 0) is 66.9 Å². The van der Waals surface area contributed by atoms with Crippen LogP contribution in [0.2, 0.25) is 0 Å². The predicted octanol–water partition coefficient (Wildman–Crippen LogP) is 5.08. The van der Waals surface area contributed by atoms with Crippen molar-refractivity contribution in [3.8, 4) is 5.75 Å². The van der Waals surface area contributed by atoms with E-state index in [2.05, 4.69) is 52.8 Å².